The van der Waals surface area contributed by atoms with Crippen molar-refractivity contribution in [3.05, 3.63) is 47.3 Å². The van der Waals surface area contributed by atoms with Crippen molar-refractivity contribution in [3.63, 3.8) is 0 Å². The first-order chi connectivity index (χ1) is 10.6. The summed E-state index contributed by atoms with van der Waals surface area (Å²) in [4.78, 5) is 10.7. The molecule has 0 saturated carbocycles. The number of nitrogens with zero attached hydrogens (tertiary/aromatic N) is 4. The Bertz CT molecular complexity index is 729. The Hall–Kier alpha value is -1.51. The van der Waals surface area contributed by atoms with Crippen molar-refractivity contribution in [2.45, 2.75) is 4.90 Å². The molecule has 0 atom stereocenters. The van der Waals surface area contributed by atoms with Crippen molar-refractivity contribution in [2.75, 3.05) is 31.1 Å². The van der Waals surface area contributed by atoms with E-state index in [1.54, 1.807) is 42.9 Å². The SMILES string of the molecule is O=S(=O)(c1ccc(Br)cc1)N1CCN(c2cnccn2)CC1. The lowest BCUT2D eigenvalue weighted by atomic mass is 10.3. The number of hydrogen-bond donors (Lipinski definition) is 0. The van der Waals surface area contributed by atoms with Crippen LogP contribution < -0.4 is 4.90 Å². The van der Waals surface area contributed by atoms with Gasteiger partial charge in [0.25, 0.3) is 0 Å². The molecule has 1 aromatic heterocycles. The molecule has 0 amide bonds. The van der Waals surface area contributed by atoms with Crippen LogP contribution >= 0.6 is 15.9 Å². The monoisotopic (exact) mass is 382 g/mol. The fraction of sp³-hybridized carbons (Fsp3) is 0.286. The summed E-state index contributed by atoms with van der Waals surface area (Å²) in [6.07, 6.45) is 4.96. The lowest BCUT2D eigenvalue weighted by Crippen LogP contribution is -2.48. The summed E-state index contributed by atoms with van der Waals surface area (Å²) in [6, 6.07) is 6.72. The number of hydrogen-bond acceptors (Lipinski definition) is 5. The van der Waals surface area contributed by atoms with E-state index in [-0.39, 0.29) is 0 Å². The molecule has 22 heavy (non-hydrogen) atoms. The van der Waals surface area contributed by atoms with Crippen molar-refractivity contribution < 1.29 is 8.42 Å². The van der Waals surface area contributed by atoms with Gasteiger partial charge in [-0.25, -0.2) is 13.4 Å². The van der Waals surface area contributed by atoms with E-state index in [1.807, 2.05) is 4.90 Å². The van der Waals surface area contributed by atoms with Crippen LogP contribution in [-0.2, 0) is 10.0 Å². The molecule has 8 heteroatoms. The third-order valence-electron chi connectivity index (χ3n) is 3.56. The van der Waals surface area contributed by atoms with Gasteiger partial charge in [0, 0.05) is 43.0 Å². The Balaban J connectivity index is 1.72. The van der Waals surface area contributed by atoms with Gasteiger partial charge >= 0.3 is 0 Å². The van der Waals surface area contributed by atoms with Gasteiger partial charge in [-0.2, -0.15) is 4.31 Å². The lowest BCUT2D eigenvalue weighted by molar-refractivity contribution is 0.383. The minimum atomic E-state index is -3.43. The van der Waals surface area contributed by atoms with E-state index in [1.165, 1.54) is 4.31 Å². The predicted molar refractivity (Wildman–Crippen MR) is 87.1 cm³/mol. The largest absolute Gasteiger partial charge is 0.353 e. The fourth-order valence-electron chi connectivity index (χ4n) is 2.37. The van der Waals surface area contributed by atoms with Crippen LogP contribution in [0.1, 0.15) is 0 Å². The summed E-state index contributed by atoms with van der Waals surface area (Å²) >= 11 is 3.31. The molecule has 6 nitrogen and oxygen atoms in total. The van der Waals surface area contributed by atoms with Crippen LogP contribution in [0.25, 0.3) is 0 Å². The molecule has 1 saturated heterocycles. The molecule has 1 fully saturated rings. The highest BCUT2D eigenvalue weighted by Crippen LogP contribution is 2.21. The topological polar surface area (TPSA) is 66.4 Å². The lowest BCUT2D eigenvalue weighted by Gasteiger charge is -2.34. The van der Waals surface area contributed by atoms with E-state index in [0.717, 1.165) is 10.3 Å². The van der Waals surface area contributed by atoms with Gasteiger partial charge in [0.2, 0.25) is 10.0 Å². The van der Waals surface area contributed by atoms with Crippen LogP contribution in [0.4, 0.5) is 5.82 Å². The number of aromatic nitrogens is 2. The fourth-order valence-corrected chi connectivity index (χ4v) is 4.05. The van der Waals surface area contributed by atoms with Crippen LogP contribution in [0.5, 0.6) is 0 Å². The van der Waals surface area contributed by atoms with Gasteiger partial charge in [0.1, 0.15) is 5.82 Å². The van der Waals surface area contributed by atoms with Gasteiger partial charge in [-0.15, -0.1) is 0 Å². The molecule has 0 spiro atoms. The van der Waals surface area contributed by atoms with Crippen LogP contribution in [0.15, 0.2) is 52.2 Å². The maximum absolute atomic E-state index is 12.6. The van der Waals surface area contributed by atoms with Crippen LogP contribution in [0.3, 0.4) is 0 Å². The molecule has 0 aliphatic carbocycles. The molecule has 0 bridgehead atoms. The molecular formula is C14H15BrN4O2S. The van der Waals surface area contributed by atoms with E-state index in [2.05, 4.69) is 25.9 Å². The molecule has 116 valence electrons. The predicted octanol–water partition coefficient (Wildman–Crippen LogP) is 1.75. The van der Waals surface area contributed by atoms with Crippen molar-refractivity contribution >= 4 is 31.8 Å². The first-order valence-electron chi connectivity index (χ1n) is 6.84. The number of anilines is 1. The highest BCUT2D eigenvalue weighted by atomic mass is 79.9. The number of sulfonamides is 1. The molecule has 3 rings (SSSR count). The first-order valence-corrected chi connectivity index (χ1v) is 9.07. The van der Waals surface area contributed by atoms with E-state index < -0.39 is 10.0 Å². The number of rotatable bonds is 3. The molecule has 2 heterocycles. The second-order valence-electron chi connectivity index (χ2n) is 4.91. The van der Waals surface area contributed by atoms with Gasteiger partial charge in [0.15, 0.2) is 0 Å². The summed E-state index contributed by atoms with van der Waals surface area (Å²) < 4.78 is 27.6. The first kappa shape index (κ1) is 15.4. The Morgan fingerprint density at radius 2 is 1.68 bits per heavy atom. The Labute approximate surface area is 138 Å². The zero-order chi connectivity index (χ0) is 15.6. The number of piperazine rings is 1. The van der Waals surface area contributed by atoms with Gasteiger partial charge < -0.3 is 4.90 Å². The van der Waals surface area contributed by atoms with Gasteiger partial charge in [-0.05, 0) is 24.3 Å². The molecule has 2 aromatic rings. The van der Waals surface area contributed by atoms with E-state index in [0.29, 0.717) is 31.1 Å². The molecular weight excluding hydrogens is 368 g/mol. The molecule has 1 aliphatic rings. The smallest absolute Gasteiger partial charge is 0.243 e. The number of halogens is 1. The summed E-state index contributed by atoms with van der Waals surface area (Å²) in [7, 11) is -3.43. The Kier molecular flexibility index (Phi) is 4.42. The zero-order valence-corrected chi connectivity index (χ0v) is 14.2. The van der Waals surface area contributed by atoms with Crippen molar-refractivity contribution in [2.24, 2.45) is 0 Å². The molecule has 0 unspecified atom stereocenters. The van der Waals surface area contributed by atoms with Crippen molar-refractivity contribution in [1.82, 2.24) is 14.3 Å². The molecule has 0 N–H and O–H groups in total. The van der Waals surface area contributed by atoms with E-state index in [9.17, 15) is 8.42 Å². The third-order valence-corrected chi connectivity index (χ3v) is 6.01. The van der Waals surface area contributed by atoms with Crippen LogP contribution in [0.2, 0.25) is 0 Å². The minimum absolute atomic E-state index is 0.323. The third kappa shape index (κ3) is 3.13. The second-order valence-corrected chi connectivity index (χ2v) is 7.76. The second kappa shape index (κ2) is 6.31. The Morgan fingerprint density at radius 3 is 2.27 bits per heavy atom. The standard InChI is InChI=1S/C14H15BrN4O2S/c15-12-1-3-13(4-2-12)22(20,21)19-9-7-18(8-10-19)14-11-16-5-6-17-14/h1-6,11H,7-10H2. The minimum Gasteiger partial charge on any atom is -0.353 e. The Morgan fingerprint density at radius 1 is 1.00 bits per heavy atom. The highest BCUT2D eigenvalue weighted by molar-refractivity contribution is 9.10. The number of benzene rings is 1. The average molecular weight is 383 g/mol. The highest BCUT2D eigenvalue weighted by Gasteiger charge is 2.28. The van der Waals surface area contributed by atoms with E-state index in [4.69, 9.17) is 0 Å². The molecule has 0 radical (unpaired) electrons. The van der Waals surface area contributed by atoms with Crippen LogP contribution in [0, 0.1) is 0 Å². The van der Waals surface area contributed by atoms with E-state index >= 15 is 0 Å². The van der Waals surface area contributed by atoms with Crippen LogP contribution in [-0.4, -0.2) is 48.9 Å². The van der Waals surface area contributed by atoms with Gasteiger partial charge in [-0.3, -0.25) is 4.98 Å². The average Bonchev–Trinajstić information content (AvgIpc) is 2.56. The summed E-state index contributed by atoms with van der Waals surface area (Å²) in [5.41, 5.74) is 0. The molecule has 1 aromatic carbocycles. The van der Waals surface area contributed by atoms with Gasteiger partial charge in [0.05, 0.1) is 11.1 Å². The summed E-state index contributed by atoms with van der Waals surface area (Å²) in [5.74, 6) is 0.781. The van der Waals surface area contributed by atoms with Crippen molar-refractivity contribution in [3.8, 4) is 0 Å². The maximum atomic E-state index is 12.6. The maximum Gasteiger partial charge on any atom is 0.243 e. The zero-order valence-electron chi connectivity index (χ0n) is 11.8. The summed E-state index contributed by atoms with van der Waals surface area (Å²) in [6.45, 7) is 2.09. The van der Waals surface area contributed by atoms with Crippen molar-refractivity contribution in [1.29, 1.82) is 0 Å². The summed E-state index contributed by atoms with van der Waals surface area (Å²) in [5, 5.41) is 0. The quantitative estimate of drug-likeness (QED) is 0.808. The van der Waals surface area contributed by atoms with Gasteiger partial charge in [-0.1, -0.05) is 15.9 Å². The normalized spacial score (nSPS) is 16.7. The molecule has 1 aliphatic heterocycles.